The molecular formula is C8H15I2NO2Zn. The van der Waals surface area contributed by atoms with Gasteiger partial charge in [0.2, 0.25) is 0 Å². The molecule has 1 rings (SSSR count). The predicted octanol–water partition coefficient (Wildman–Crippen LogP) is 3.40. The van der Waals surface area contributed by atoms with Crippen LogP contribution in [0.15, 0.2) is 0 Å². The third kappa shape index (κ3) is 7.62. The van der Waals surface area contributed by atoms with E-state index in [2.05, 4.69) is 39.5 Å². The summed E-state index contributed by atoms with van der Waals surface area (Å²) in [7, 11) is 0.0650. The predicted molar refractivity (Wildman–Crippen MR) is 70.5 cm³/mol. The van der Waals surface area contributed by atoms with Crippen molar-refractivity contribution in [1.29, 1.82) is 0 Å². The molecule has 6 heteroatoms. The Kier molecular flexibility index (Phi) is 8.33. The quantitative estimate of drug-likeness (QED) is 0.396. The Hall–Kier alpha value is 1.35. The summed E-state index contributed by atoms with van der Waals surface area (Å²) in [6, 6.07) is 0. The van der Waals surface area contributed by atoms with Crippen molar-refractivity contribution < 1.29 is 19.6 Å². The van der Waals surface area contributed by atoms with Crippen LogP contribution >= 0.6 is 39.5 Å². The Morgan fingerprint density at radius 1 is 1.36 bits per heavy atom. The van der Waals surface area contributed by atoms with Gasteiger partial charge in [0.1, 0.15) is 5.60 Å². The van der Waals surface area contributed by atoms with Crippen LogP contribution < -0.4 is 0 Å². The molecule has 1 aliphatic heterocycles. The second-order valence-corrected chi connectivity index (χ2v) is 27.4. The number of amides is 1. The fourth-order valence-corrected chi connectivity index (χ4v) is 0.825. The number of halogens is 2. The summed E-state index contributed by atoms with van der Waals surface area (Å²) in [5.74, 6) is 0. The molecule has 0 aromatic heterocycles. The third-order valence-corrected chi connectivity index (χ3v) is 1.51. The first-order chi connectivity index (χ1) is 6.40. The van der Waals surface area contributed by atoms with Crippen LogP contribution in [0.3, 0.4) is 0 Å². The summed E-state index contributed by atoms with van der Waals surface area (Å²) in [5.41, 5.74) is -0.354. The fourth-order valence-electron chi connectivity index (χ4n) is 0.825. The SMILES string of the molecule is CC(C)(C)OC(=O)N1CCC1.[I][Zn][I]. The molecule has 1 heterocycles. The average molecular weight is 476 g/mol. The van der Waals surface area contributed by atoms with Crippen LogP contribution in [0.1, 0.15) is 27.2 Å². The summed E-state index contributed by atoms with van der Waals surface area (Å²) in [5, 5.41) is 0. The number of rotatable bonds is 0. The van der Waals surface area contributed by atoms with E-state index in [1.807, 2.05) is 20.8 Å². The number of hydrogen-bond donors (Lipinski definition) is 0. The van der Waals surface area contributed by atoms with Gasteiger partial charge in [-0.1, -0.05) is 0 Å². The van der Waals surface area contributed by atoms with E-state index in [0.717, 1.165) is 19.5 Å². The Balaban J connectivity index is 0.000000500. The maximum absolute atomic E-state index is 11.1. The van der Waals surface area contributed by atoms with Crippen molar-refractivity contribution in [3.63, 3.8) is 0 Å². The molecule has 0 N–H and O–H groups in total. The van der Waals surface area contributed by atoms with Crippen LogP contribution in [-0.4, -0.2) is 29.7 Å². The van der Waals surface area contributed by atoms with Crippen LogP contribution in [0.2, 0.25) is 0 Å². The molecule has 0 unspecified atom stereocenters. The third-order valence-electron chi connectivity index (χ3n) is 1.51. The van der Waals surface area contributed by atoms with Gasteiger partial charge in [-0.05, 0) is 27.2 Å². The zero-order valence-electron chi connectivity index (χ0n) is 8.85. The van der Waals surface area contributed by atoms with Crippen molar-refractivity contribution in [2.75, 3.05) is 13.1 Å². The van der Waals surface area contributed by atoms with Gasteiger partial charge in [0, 0.05) is 13.1 Å². The molecule has 14 heavy (non-hydrogen) atoms. The van der Waals surface area contributed by atoms with Crippen LogP contribution in [0.4, 0.5) is 4.79 Å². The molecule has 0 aromatic rings. The van der Waals surface area contributed by atoms with Crippen LogP contribution in [0.5, 0.6) is 0 Å². The Morgan fingerprint density at radius 3 is 2.00 bits per heavy atom. The molecule has 0 radical (unpaired) electrons. The van der Waals surface area contributed by atoms with E-state index >= 15 is 0 Å². The summed E-state index contributed by atoms with van der Waals surface area (Å²) >= 11 is 4.93. The molecule has 0 aromatic carbocycles. The molecule has 1 saturated heterocycles. The summed E-state index contributed by atoms with van der Waals surface area (Å²) in [4.78, 5) is 12.9. The molecule has 0 spiro atoms. The molecule has 1 amide bonds. The van der Waals surface area contributed by atoms with E-state index in [9.17, 15) is 4.79 Å². The van der Waals surface area contributed by atoms with Crippen molar-refractivity contribution in [3.05, 3.63) is 0 Å². The van der Waals surface area contributed by atoms with Gasteiger partial charge >= 0.3 is 55.7 Å². The van der Waals surface area contributed by atoms with Gasteiger partial charge in [-0.15, -0.1) is 0 Å². The van der Waals surface area contributed by atoms with E-state index in [-0.39, 0.29) is 21.8 Å². The molecule has 0 bridgehead atoms. The average Bonchev–Trinajstić information content (AvgIpc) is 1.78. The standard InChI is InChI=1S/C8H15NO2.2HI.Zn/c1-8(2,3)11-7(10)9-5-4-6-9;;;/h4-6H2,1-3H3;2*1H;/q;;;+2/p-2. The van der Waals surface area contributed by atoms with E-state index in [4.69, 9.17) is 4.74 Å². The molecule has 0 aliphatic carbocycles. The van der Waals surface area contributed by atoms with Gasteiger partial charge in [0.25, 0.3) is 0 Å². The molecule has 80 valence electrons. The van der Waals surface area contributed by atoms with Crippen LogP contribution in [0.25, 0.3) is 0 Å². The van der Waals surface area contributed by atoms with Crippen LogP contribution in [0, 0.1) is 0 Å². The number of likely N-dealkylation sites (tertiary alicyclic amines) is 1. The summed E-state index contributed by atoms with van der Waals surface area (Å²) in [6.45, 7) is 7.35. The zero-order chi connectivity index (χ0) is 11.2. The van der Waals surface area contributed by atoms with Crippen molar-refractivity contribution in [2.24, 2.45) is 0 Å². The van der Waals surface area contributed by atoms with Crippen LogP contribution in [-0.2, 0) is 14.8 Å². The Morgan fingerprint density at radius 2 is 1.79 bits per heavy atom. The van der Waals surface area contributed by atoms with Crippen molar-refractivity contribution in [3.8, 4) is 0 Å². The first-order valence-corrected chi connectivity index (χ1v) is 22.6. The topological polar surface area (TPSA) is 29.5 Å². The first kappa shape index (κ1) is 15.4. The molecule has 0 saturated carbocycles. The number of nitrogens with zero attached hydrogens (tertiary/aromatic N) is 1. The van der Waals surface area contributed by atoms with Gasteiger partial charge in [-0.2, -0.15) is 0 Å². The number of hydrogen-bond acceptors (Lipinski definition) is 2. The van der Waals surface area contributed by atoms with Crippen molar-refractivity contribution >= 4 is 45.6 Å². The molecule has 3 nitrogen and oxygen atoms in total. The van der Waals surface area contributed by atoms with E-state index in [0.29, 0.717) is 0 Å². The summed E-state index contributed by atoms with van der Waals surface area (Å²) in [6.07, 6.45) is 0.933. The van der Waals surface area contributed by atoms with Gasteiger partial charge < -0.3 is 9.64 Å². The van der Waals surface area contributed by atoms with Gasteiger partial charge in [-0.3, -0.25) is 0 Å². The van der Waals surface area contributed by atoms with Crippen molar-refractivity contribution in [2.45, 2.75) is 32.8 Å². The molecule has 1 aliphatic rings. The second-order valence-electron chi connectivity index (χ2n) is 3.92. The Bertz CT molecular complexity index is 181. The monoisotopic (exact) mass is 475 g/mol. The van der Waals surface area contributed by atoms with Gasteiger partial charge in [0.05, 0.1) is 0 Å². The minimum atomic E-state index is -0.354. The Labute approximate surface area is 115 Å². The number of carbonyl (C=O) groups is 1. The minimum absolute atomic E-state index is 0.0650. The maximum atomic E-state index is 11.1. The van der Waals surface area contributed by atoms with E-state index in [1.165, 1.54) is 0 Å². The van der Waals surface area contributed by atoms with Gasteiger partial charge in [0.15, 0.2) is 0 Å². The normalized spacial score (nSPS) is 14.5. The number of carbonyl (C=O) groups excluding carboxylic acids is 1. The second kappa shape index (κ2) is 7.60. The van der Waals surface area contributed by atoms with Crippen molar-refractivity contribution in [1.82, 2.24) is 4.90 Å². The molecule has 0 atom stereocenters. The van der Waals surface area contributed by atoms with E-state index < -0.39 is 0 Å². The molecular weight excluding hydrogens is 461 g/mol. The van der Waals surface area contributed by atoms with E-state index in [1.54, 1.807) is 4.90 Å². The molecule has 1 fully saturated rings. The first-order valence-electron chi connectivity index (χ1n) is 4.50. The van der Waals surface area contributed by atoms with Gasteiger partial charge in [-0.25, -0.2) is 4.79 Å². The number of ether oxygens (including phenoxy) is 1. The zero-order valence-corrected chi connectivity index (χ0v) is 16.1. The fraction of sp³-hybridized carbons (Fsp3) is 0.875. The summed E-state index contributed by atoms with van der Waals surface area (Å²) < 4.78 is 5.13.